The van der Waals surface area contributed by atoms with Gasteiger partial charge in [0.25, 0.3) is 0 Å². The van der Waals surface area contributed by atoms with Crippen LogP contribution in [0, 0.1) is 0 Å². The van der Waals surface area contributed by atoms with Gasteiger partial charge < -0.3 is 9.47 Å². The largest absolute Gasteiger partial charge is 0.485 e. The van der Waals surface area contributed by atoms with Gasteiger partial charge in [0.15, 0.2) is 0 Å². The Morgan fingerprint density at radius 1 is 1.20 bits per heavy atom. The van der Waals surface area contributed by atoms with E-state index < -0.39 is 0 Å². The zero-order valence-corrected chi connectivity index (χ0v) is 11.3. The average molecular weight is 268 g/mol. The smallest absolute Gasteiger partial charge is 0.308 e. The number of carbonyl (C=O) groups excluding carboxylic acids is 1. The van der Waals surface area contributed by atoms with Gasteiger partial charge >= 0.3 is 5.97 Å². The standard InChI is InChI=1S/C17H16O3/c1-12(18)19-15-8-10-17-14(11-15)7-9-16(20-17)13-5-3-2-4-6-13/h2-6,8,10-11,16H,7,9H2,1H3. The molecule has 3 nitrogen and oxygen atoms in total. The molecular weight excluding hydrogens is 252 g/mol. The zero-order valence-electron chi connectivity index (χ0n) is 11.3. The molecule has 1 atom stereocenters. The average Bonchev–Trinajstić information content (AvgIpc) is 2.47. The van der Waals surface area contributed by atoms with E-state index in [1.165, 1.54) is 12.5 Å². The lowest BCUT2D eigenvalue weighted by Crippen LogP contribution is -2.15. The van der Waals surface area contributed by atoms with E-state index in [1.807, 2.05) is 30.3 Å². The minimum atomic E-state index is -0.302. The minimum Gasteiger partial charge on any atom is -0.485 e. The summed E-state index contributed by atoms with van der Waals surface area (Å²) in [6.45, 7) is 1.40. The van der Waals surface area contributed by atoms with Gasteiger partial charge in [0.2, 0.25) is 0 Å². The Hall–Kier alpha value is -2.29. The lowest BCUT2D eigenvalue weighted by atomic mass is 9.97. The molecule has 0 fully saturated rings. The molecule has 1 heterocycles. The zero-order chi connectivity index (χ0) is 13.9. The molecule has 0 radical (unpaired) electrons. The van der Waals surface area contributed by atoms with Crippen LogP contribution >= 0.6 is 0 Å². The first-order chi connectivity index (χ1) is 9.72. The molecule has 1 aliphatic heterocycles. The quantitative estimate of drug-likeness (QED) is 0.615. The Labute approximate surface area is 118 Å². The predicted octanol–water partition coefficient (Wildman–Crippen LogP) is 3.68. The molecule has 20 heavy (non-hydrogen) atoms. The highest BCUT2D eigenvalue weighted by atomic mass is 16.5. The molecular formula is C17H16O3. The second kappa shape index (κ2) is 5.37. The van der Waals surface area contributed by atoms with Gasteiger partial charge in [-0.05, 0) is 42.2 Å². The van der Waals surface area contributed by atoms with Crippen molar-refractivity contribution in [2.24, 2.45) is 0 Å². The van der Waals surface area contributed by atoms with E-state index >= 15 is 0 Å². The lowest BCUT2D eigenvalue weighted by molar-refractivity contribution is -0.131. The van der Waals surface area contributed by atoms with Crippen molar-refractivity contribution in [3.05, 3.63) is 59.7 Å². The number of hydrogen-bond donors (Lipinski definition) is 0. The Kier molecular flexibility index (Phi) is 3.42. The van der Waals surface area contributed by atoms with Gasteiger partial charge in [0.05, 0.1) is 0 Å². The van der Waals surface area contributed by atoms with Gasteiger partial charge in [0, 0.05) is 6.92 Å². The number of ether oxygens (including phenoxy) is 2. The molecule has 1 aliphatic rings. The summed E-state index contributed by atoms with van der Waals surface area (Å²) < 4.78 is 11.1. The van der Waals surface area contributed by atoms with Crippen LogP contribution in [-0.2, 0) is 11.2 Å². The summed E-state index contributed by atoms with van der Waals surface area (Å²) in [7, 11) is 0. The van der Waals surface area contributed by atoms with Crippen LogP contribution in [0.4, 0.5) is 0 Å². The van der Waals surface area contributed by atoms with Gasteiger partial charge in [-0.3, -0.25) is 4.79 Å². The molecule has 0 aliphatic carbocycles. The van der Waals surface area contributed by atoms with Crippen LogP contribution in [-0.4, -0.2) is 5.97 Å². The topological polar surface area (TPSA) is 35.5 Å². The van der Waals surface area contributed by atoms with Gasteiger partial charge in [-0.2, -0.15) is 0 Å². The highest BCUT2D eigenvalue weighted by Crippen LogP contribution is 2.36. The van der Waals surface area contributed by atoms with Crippen molar-refractivity contribution in [1.29, 1.82) is 0 Å². The molecule has 2 aromatic carbocycles. The van der Waals surface area contributed by atoms with Crippen LogP contribution in [0.25, 0.3) is 0 Å². The Morgan fingerprint density at radius 3 is 2.75 bits per heavy atom. The van der Waals surface area contributed by atoms with Crippen molar-refractivity contribution >= 4 is 5.97 Å². The molecule has 0 N–H and O–H groups in total. The molecule has 0 aromatic heterocycles. The van der Waals surface area contributed by atoms with Gasteiger partial charge in [-0.25, -0.2) is 0 Å². The summed E-state index contributed by atoms with van der Waals surface area (Å²) in [4.78, 5) is 11.0. The summed E-state index contributed by atoms with van der Waals surface area (Å²) in [5, 5.41) is 0. The normalized spacial score (nSPS) is 16.9. The van der Waals surface area contributed by atoms with Gasteiger partial charge in [-0.1, -0.05) is 30.3 Å². The minimum absolute atomic E-state index is 0.100. The summed E-state index contributed by atoms with van der Waals surface area (Å²) in [6, 6.07) is 15.8. The van der Waals surface area contributed by atoms with Crippen molar-refractivity contribution in [2.45, 2.75) is 25.9 Å². The van der Waals surface area contributed by atoms with Crippen LogP contribution in [0.1, 0.15) is 30.6 Å². The van der Waals surface area contributed by atoms with E-state index in [9.17, 15) is 4.79 Å². The summed E-state index contributed by atoms with van der Waals surface area (Å²) in [5.41, 5.74) is 2.29. The van der Waals surface area contributed by atoms with Crippen molar-refractivity contribution in [1.82, 2.24) is 0 Å². The second-order valence-corrected chi connectivity index (χ2v) is 4.92. The number of rotatable bonds is 2. The fourth-order valence-electron chi connectivity index (χ4n) is 2.50. The van der Waals surface area contributed by atoms with E-state index in [1.54, 1.807) is 6.07 Å². The van der Waals surface area contributed by atoms with Crippen LogP contribution < -0.4 is 9.47 Å². The van der Waals surface area contributed by atoms with E-state index in [-0.39, 0.29) is 12.1 Å². The molecule has 2 aromatic rings. The fraction of sp³-hybridized carbons (Fsp3) is 0.235. The molecule has 3 heteroatoms. The third kappa shape index (κ3) is 2.67. The molecule has 0 saturated heterocycles. The number of hydrogen-bond acceptors (Lipinski definition) is 3. The predicted molar refractivity (Wildman–Crippen MR) is 75.9 cm³/mol. The first-order valence-corrected chi connectivity index (χ1v) is 6.75. The molecule has 0 spiro atoms. The summed E-state index contributed by atoms with van der Waals surface area (Å²) >= 11 is 0. The molecule has 102 valence electrons. The Balaban J connectivity index is 1.80. The van der Waals surface area contributed by atoms with Crippen LogP contribution in [0.5, 0.6) is 11.5 Å². The van der Waals surface area contributed by atoms with Gasteiger partial charge in [-0.15, -0.1) is 0 Å². The molecule has 0 amide bonds. The highest BCUT2D eigenvalue weighted by molar-refractivity contribution is 5.69. The fourth-order valence-corrected chi connectivity index (χ4v) is 2.50. The third-order valence-electron chi connectivity index (χ3n) is 3.41. The number of benzene rings is 2. The van der Waals surface area contributed by atoms with Crippen molar-refractivity contribution < 1.29 is 14.3 Å². The van der Waals surface area contributed by atoms with Crippen molar-refractivity contribution in [2.75, 3.05) is 0 Å². The Bertz CT molecular complexity index is 619. The Morgan fingerprint density at radius 2 is 2.00 bits per heavy atom. The van der Waals surface area contributed by atoms with E-state index in [0.717, 1.165) is 24.2 Å². The summed E-state index contributed by atoms with van der Waals surface area (Å²) in [6.07, 6.45) is 1.95. The maximum absolute atomic E-state index is 11.0. The number of carbonyl (C=O) groups is 1. The van der Waals surface area contributed by atoms with E-state index in [4.69, 9.17) is 9.47 Å². The van der Waals surface area contributed by atoms with E-state index in [2.05, 4.69) is 12.1 Å². The number of aryl methyl sites for hydroxylation is 1. The van der Waals surface area contributed by atoms with E-state index in [0.29, 0.717) is 5.75 Å². The second-order valence-electron chi connectivity index (χ2n) is 4.92. The molecule has 0 bridgehead atoms. The molecule has 1 unspecified atom stereocenters. The van der Waals surface area contributed by atoms with Crippen molar-refractivity contribution in [3.8, 4) is 11.5 Å². The first kappa shape index (κ1) is 12.7. The highest BCUT2D eigenvalue weighted by Gasteiger charge is 2.21. The first-order valence-electron chi connectivity index (χ1n) is 6.75. The van der Waals surface area contributed by atoms with Crippen molar-refractivity contribution in [3.63, 3.8) is 0 Å². The SMILES string of the molecule is CC(=O)Oc1ccc2c(c1)CCC(c1ccccc1)O2. The van der Waals surface area contributed by atoms with Crippen LogP contribution in [0.2, 0.25) is 0 Å². The third-order valence-corrected chi connectivity index (χ3v) is 3.41. The summed E-state index contributed by atoms with van der Waals surface area (Å²) in [5.74, 6) is 1.16. The number of esters is 1. The maximum atomic E-state index is 11.0. The molecule has 0 saturated carbocycles. The van der Waals surface area contributed by atoms with Crippen LogP contribution in [0.15, 0.2) is 48.5 Å². The number of fused-ring (bicyclic) bond motifs is 1. The maximum Gasteiger partial charge on any atom is 0.308 e. The monoisotopic (exact) mass is 268 g/mol. The van der Waals surface area contributed by atoms with Crippen LogP contribution in [0.3, 0.4) is 0 Å². The van der Waals surface area contributed by atoms with Gasteiger partial charge in [0.1, 0.15) is 17.6 Å². The lowest BCUT2D eigenvalue weighted by Gasteiger charge is -2.26. The molecule has 3 rings (SSSR count).